The lowest BCUT2D eigenvalue weighted by molar-refractivity contribution is -0.132. The van der Waals surface area contributed by atoms with E-state index >= 15 is 0 Å². The van der Waals surface area contributed by atoms with Crippen molar-refractivity contribution in [2.24, 2.45) is 0 Å². The summed E-state index contributed by atoms with van der Waals surface area (Å²) >= 11 is 0. The molecular formula is C13H20FN3O3S. The minimum atomic E-state index is -4.16. The summed E-state index contributed by atoms with van der Waals surface area (Å²) in [5, 5.41) is 0. The van der Waals surface area contributed by atoms with Crippen LogP contribution in [0.15, 0.2) is 23.1 Å². The highest BCUT2D eigenvalue weighted by Crippen LogP contribution is 2.18. The Morgan fingerprint density at radius 3 is 2.48 bits per heavy atom. The molecule has 6 nitrogen and oxygen atoms in total. The molecule has 0 aliphatic heterocycles. The fourth-order valence-electron chi connectivity index (χ4n) is 1.88. The normalized spacial score (nSPS) is 13.0. The fourth-order valence-corrected chi connectivity index (χ4v) is 3.19. The number of carbonyl (C=O) groups excluding carboxylic acids is 1. The molecule has 1 amide bonds. The van der Waals surface area contributed by atoms with Gasteiger partial charge in [0.1, 0.15) is 10.7 Å². The van der Waals surface area contributed by atoms with Crippen molar-refractivity contribution in [2.75, 3.05) is 18.8 Å². The lowest BCUT2D eigenvalue weighted by Crippen LogP contribution is -2.46. The molecule has 0 bridgehead atoms. The predicted octanol–water partition coefficient (Wildman–Crippen LogP) is 0.943. The summed E-state index contributed by atoms with van der Waals surface area (Å²) in [6.07, 6.45) is 0. The first kappa shape index (κ1) is 17.4. The van der Waals surface area contributed by atoms with Crippen molar-refractivity contribution in [3.8, 4) is 0 Å². The van der Waals surface area contributed by atoms with Crippen molar-refractivity contribution in [2.45, 2.75) is 31.7 Å². The number of nitrogens with one attached hydrogen (secondary N) is 1. The van der Waals surface area contributed by atoms with Gasteiger partial charge in [0.15, 0.2) is 0 Å². The number of anilines is 1. The van der Waals surface area contributed by atoms with E-state index in [1.807, 2.05) is 0 Å². The second-order valence-corrected chi connectivity index (χ2v) is 6.23. The van der Waals surface area contributed by atoms with Crippen LogP contribution in [0.5, 0.6) is 0 Å². The summed E-state index contributed by atoms with van der Waals surface area (Å²) in [4.78, 5) is 13.0. The number of carbonyl (C=O) groups is 1. The van der Waals surface area contributed by atoms with E-state index in [9.17, 15) is 17.6 Å². The van der Waals surface area contributed by atoms with Crippen LogP contribution in [-0.4, -0.2) is 38.4 Å². The van der Waals surface area contributed by atoms with Crippen molar-refractivity contribution in [3.05, 3.63) is 24.0 Å². The number of hydrogen-bond acceptors (Lipinski definition) is 4. The molecule has 0 fully saturated rings. The van der Waals surface area contributed by atoms with Crippen molar-refractivity contribution in [1.29, 1.82) is 0 Å². The molecule has 118 valence electrons. The zero-order valence-corrected chi connectivity index (χ0v) is 13.1. The molecule has 1 unspecified atom stereocenters. The second kappa shape index (κ2) is 6.86. The van der Waals surface area contributed by atoms with Crippen LogP contribution in [0.25, 0.3) is 0 Å². The summed E-state index contributed by atoms with van der Waals surface area (Å²) in [6.45, 7) is 5.94. The summed E-state index contributed by atoms with van der Waals surface area (Å²) in [5.74, 6) is -1.29. The zero-order valence-electron chi connectivity index (χ0n) is 12.3. The first-order valence-corrected chi connectivity index (χ1v) is 8.07. The topological polar surface area (TPSA) is 92.5 Å². The van der Waals surface area contributed by atoms with Gasteiger partial charge in [-0.2, -0.15) is 4.72 Å². The maximum atomic E-state index is 13.6. The second-order valence-electron chi connectivity index (χ2n) is 4.54. The lowest BCUT2D eigenvalue weighted by atomic mass is 10.3. The molecule has 0 aromatic heterocycles. The van der Waals surface area contributed by atoms with Gasteiger partial charge >= 0.3 is 0 Å². The summed E-state index contributed by atoms with van der Waals surface area (Å²) < 4.78 is 40.1. The van der Waals surface area contributed by atoms with Gasteiger partial charge in [-0.25, -0.2) is 12.8 Å². The van der Waals surface area contributed by atoms with Crippen LogP contribution in [0.1, 0.15) is 20.8 Å². The maximum absolute atomic E-state index is 13.6. The van der Waals surface area contributed by atoms with Crippen LogP contribution < -0.4 is 10.5 Å². The zero-order chi connectivity index (χ0) is 16.2. The molecule has 0 saturated heterocycles. The van der Waals surface area contributed by atoms with Gasteiger partial charge in [0.2, 0.25) is 15.9 Å². The average Bonchev–Trinajstić information content (AvgIpc) is 2.42. The number of rotatable bonds is 6. The average molecular weight is 317 g/mol. The molecule has 1 rings (SSSR count). The number of nitrogens with zero attached hydrogens (tertiary/aromatic N) is 1. The van der Waals surface area contributed by atoms with E-state index in [1.54, 1.807) is 13.8 Å². The van der Waals surface area contributed by atoms with Gasteiger partial charge in [-0.1, -0.05) is 0 Å². The third-order valence-corrected chi connectivity index (χ3v) is 4.58. The number of hydrogen-bond donors (Lipinski definition) is 2. The smallest absolute Gasteiger partial charge is 0.244 e. The molecular weight excluding hydrogens is 297 g/mol. The first-order valence-electron chi connectivity index (χ1n) is 6.59. The van der Waals surface area contributed by atoms with E-state index in [4.69, 9.17) is 5.73 Å². The Morgan fingerprint density at radius 2 is 1.95 bits per heavy atom. The van der Waals surface area contributed by atoms with Crippen LogP contribution in [-0.2, 0) is 14.8 Å². The van der Waals surface area contributed by atoms with Gasteiger partial charge in [0, 0.05) is 18.8 Å². The Hall–Kier alpha value is -1.67. The molecule has 8 heteroatoms. The van der Waals surface area contributed by atoms with Crippen molar-refractivity contribution in [1.82, 2.24) is 9.62 Å². The van der Waals surface area contributed by atoms with Gasteiger partial charge in [-0.3, -0.25) is 4.79 Å². The molecule has 0 saturated carbocycles. The highest BCUT2D eigenvalue weighted by Gasteiger charge is 2.26. The van der Waals surface area contributed by atoms with Crippen molar-refractivity contribution >= 4 is 21.6 Å². The van der Waals surface area contributed by atoms with Crippen LogP contribution in [0.3, 0.4) is 0 Å². The molecule has 0 heterocycles. The Labute approximate surface area is 124 Å². The molecule has 0 aliphatic carbocycles. The largest absolute Gasteiger partial charge is 0.399 e. The van der Waals surface area contributed by atoms with Crippen LogP contribution in [0.2, 0.25) is 0 Å². The third-order valence-electron chi connectivity index (χ3n) is 3.02. The van der Waals surface area contributed by atoms with Crippen LogP contribution in [0, 0.1) is 5.82 Å². The SMILES string of the molecule is CCN(CC)C(=O)C(C)NS(=O)(=O)c1cc(N)ccc1F. The monoisotopic (exact) mass is 317 g/mol. The quantitative estimate of drug-likeness (QED) is 0.764. The summed E-state index contributed by atoms with van der Waals surface area (Å²) in [5.41, 5.74) is 5.60. The van der Waals surface area contributed by atoms with E-state index in [1.165, 1.54) is 17.9 Å². The molecule has 3 N–H and O–H groups in total. The van der Waals surface area contributed by atoms with E-state index in [-0.39, 0.29) is 11.6 Å². The van der Waals surface area contributed by atoms with Crippen LogP contribution >= 0.6 is 0 Å². The lowest BCUT2D eigenvalue weighted by Gasteiger charge is -2.23. The fraction of sp³-hybridized carbons (Fsp3) is 0.462. The standard InChI is InChI=1S/C13H20FN3O3S/c1-4-17(5-2)13(18)9(3)16-21(19,20)12-8-10(15)6-7-11(12)14/h6-9,16H,4-5,15H2,1-3H3. The van der Waals surface area contributed by atoms with Gasteiger partial charge in [-0.05, 0) is 39.0 Å². The van der Waals surface area contributed by atoms with Gasteiger partial charge < -0.3 is 10.6 Å². The minimum absolute atomic E-state index is 0.125. The maximum Gasteiger partial charge on any atom is 0.244 e. The highest BCUT2D eigenvalue weighted by atomic mass is 32.2. The number of nitrogens with two attached hydrogens (primary N) is 1. The molecule has 1 aromatic carbocycles. The van der Waals surface area contributed by atoms with E-state index in [2.05, 4.69) is 4.72 Å². The summed E-state index contributed by atoms with van der Waals surface area (Å²) in [7, 11) is -4.16. The van der Waals surface area contributed by atoms with Crippen LogP contribution in [0.4, 0.5) is 10.1 Å². The molecule has 0 radical (unpaired) electrons. The summed E-state index contributed by atoms with van der Waals surface area (Å²) in [6, 6.07) is 2.27. The van der Waals surface area contributed by atoms with E-state index in [0.717, 1.165) is 12.1 Å². The van der Waals surface area contributed by atoms with Gasteiger partial charge in [0.25, 0.3) is 0 Å². The highest BCUT2D eigenvalue weighted by molar-refractivity contribution is 7.89. The third kappa shape index (κ3) is 4.15. The first-order chi connectivity index (χ1) is 9.72. The van der Waals surface area contributed by atoms with Gasteiger partial charge in [0.05, 0.1) is 6.04 Å². The molecule has 1 aromatic rings. The number of amides is 1. The Bertz CT molecular complexity index is 615. The molecule has 0 spiro atoms. The molecule has 1 atom stereocenters. The van der Waals surface area contributed by atoms with Crippen molar-refractivity contribution in [3.63, 3.8) is 0 Å². The predicted molar refractivity (Wildman–Crippen MR) is 78.5 cm³/mol. The number of sulfonamides is 1. The number of nitrogen functional groups attached to an aromatic ring is 1. The Balaban J connectivity index is 3.00. The van der Waals surface area contributed by atoms with E-state index in [0.29, 0.717) is 13.1 Å². The van der Waals surface area contributed by atoms with Crippen molar-refractivity contribution < 1.29 is 17.6 Å². The number of likely N-dealkylation sites (N-methyl/N-ethyl adjacent to an activating group) is 1. The Kier molecular flexibility index (Phi) is 5.68. The minimum Gasteiger partial charge on any atom is -0.399 e. The number of benzene rings is 1. The Morgan fingerprint density at radius 1 is 1.38 bits per heavy atom. The van der Waals surface area contributed by atoms with E-state index < -0.39 is 26.8 Å². The van der Waals surface area contributed by atoms with Gasteiger partial charge in [-0.15, -0.1) is 0 Å². The molecule has 0 aliphatic rings. The number of halogens is 1. The molecule has 21 heavy (non-hydrogen) atoms.